The number of amides is 1. The molecule has 2 aromatic heterocycles. The molecule has 4 aromatic rings. The lowest BCUT2D eigenvalue weighted by Crippen LogP contribution is -2.16. The smallest absolute Gasteiger partial charge is 0.279 e. The molecule has 0 aliphatic carbocycles. The summed E-state index contributed by atoms with van der Waals surface area (Å²) in [7, 11) is 0. The van der Waals surface area contributed by atoms with Gasteiger partial charge in [-0.3, -0.25) is 9.48 Å². The second-order valence-corrected chi connectivity index (χ2v) is 8.02. The van der Waals surface area contributed by atoms with Crippen LogP contribution in [0.15, 0.2) is 59.1 Å². The van der Waals surface area contributed by atoms with Gasteiger partial charge in [0.1, 0.15) is 18.1 Å². The zero-order valence-corrected chi connectivity index (χ0v) is 18.8. The molecule has 0 aliphatic rings. The van der Waals surface area contributed by atoms with E-state index in [1.54, 1.807) is 17.7 Å². The highest BCUT2D eigenvalue weighted by Gasteiger charge is 2.21. The highest BCUT2D eigenvalue weighted by atomic mass is 35.5. The number of nitrogens with one attached hydrogen (secondary N) is 1. The Morgan fingerprint density at radius 3 is 2.72 bits per heavy atom. The predicted octanol–water partition coefficient (Wildman–Crippen LogP) is 5.33. The average Bonchev–Trinajstić information content (AvgIpc) is 3.28. The number of rotatable bonds is 7. The second kappa shape index (κ2) is 9.28. The Labute approximate surface area is 190 Å². The van der Waals surface area contributed by atoms with Gasteiger partial charge < -0.3 is 14.6 Å². The topological polar surface area (TPSA) is 82.2 Å². The highest BCUT2D eigenvalue weighted by Crippen LogP contribution is 2.20. The van der Waals surface area contributed by atoms with Crippen molar-refractivity contribution in [2.24, 2.45) is 0 Å². The molecule has 2 heterocycles. The maximum Gasteiger partial charge on any atom is 0.279 e. The molecule has 8 heteroatoms. The molecule has 32 heavy (non-hydrogen) atoms. The first-order valence-corrected chi connectivity index (χ1v) is 10.5. The number of hydrogen-bond acceptors (Lipinski definition) is 5. The van der Waals surface area contributed by atoms with Crippen molar-refractivity contribution < 1.29 is 14.1 Å². The van der Waals surface area contributed by atoms with E-state index in [-0.39, 0.29) is 12.3 Å². The van der Waals surface area contributed by atoms with Crippen molar-refractivity contribution in [2.45, 2.75) is 33.9 Å². The van der Waals surface area contributed by atoms with Crippen LogP contribution >= 0.6 is 11.6 Å². The lowest BCUT2D eigenvalue weighted by molar-refractivity contribution is 0.101. The first-order chi connectivity index (χ1) is 15.4. The second-order valence-electron chi connectivity index (χ2n) is 7.58. The Kier molecular flexibility index (Phi) is 6.28. The van der Waals surface area contributed by atoms with Crippen molar-refractivity contribution in [1.29, 1.82) is 0 Å². The molecule has 0 atom stereocenters. The van der Waals surface area contributed by atoms with Gasteiger partial charge in [-0.15, -0.1) is 0 Å². The fraction of sp³-hybridized carbons (Fsp3) is 0.208. The van der Waals surface area contributed by atoms with Crippen molar-refractivity contribution in [3.05, 3.63) is 93.5 Å². The number of benzene rings is 2. The molecule has 7 nitrogen and oxygen atoms in total. The minimum atomic E-state index is -0.405. The van der Waals surface area contributed by atoms with Crippen LogP contribution in [0, 0.1) is 20.8 Å². The van der Waals surface area contributed by atoms with Gasteiger partial charge in [0.05, 0.1) is 12.1 Å². The van der Waals surface area contributed by atoms with Gasteiger partial charge in [0, 0.05) is 16.8 Å². The lowest BCUT2D eigenvalue weighted by atomic mass is 10.2. The molecular weight excluding hydrogens is 428 g/mol. The molecule has 0 saturated heterocycles. The van der Waals surface area contributed by atoms with E-state index in [2.05, 4.69) is 15.6 Å². The van der Waals surface area contributed by atoms with E-state index in [4.69, 9.17) is 20.9 Å². The zero-order chi connectivity index (χ0) is 22.7. The summed E-state index contributed by atoms with van der Waals surface area (Å²) in [6, 6.07) is 17.1. The number of carbonyl (C=O) groups is 1. The number of nitrogens with zero attached hydrogens (tertiary/aromatic N) is 3. The van der Waals surface area contributed by atoms with Crippen LogP contribution in [0.1, 0.15) is 38.6 Å². The van der Waals surface area contributed by atoms with Crippen molar-refractivity contribution in [3.63, 3.8) is 0 Å². The minimum absolute atomic E-state index is 0.170. The van der Waals surface area contributed by atoms with Gasteiger partial charge in [0.15, 0.2) is 11.5 Å². The van der Waals surface area contributed by atoms with Crippen LogP contribution in [-0.2, 0) is 13.2 Å². The highest BCUT2D eigenvalue weighted by molar-refractivity contribution is 6.30. The average molecular weight is 451 g/mol. The quantitative estimate of drug-likeness (QED) is 0.411. The first-order valence-electron chi connectivity index (χ1n) is 10.1. The number of halogens is 1. The zero-order valence-electron chi connectivity index (χ0n) is 18.1. The SMILES string of the molecule is Cc1cccc(OCc2c(C(=O)Nc3cc(C)n(Cc4cccc(Cl)c4)n3)noc2C)c1. The molecule has 4 rings (SSSR count). The molecule has 1 N–H and O–H groups in total. The van der Waals surface area contributed by atoms with E-state index in [9.17, 15) is 4.79 Å². The van der Waals surface area contributed by atoms with Crippen LogP contribution in [0.25, 0.3) is 0 Å². The van der Waals surface area contributed by atoms with Crippen molar-refractivity contribution in [2.75, 3.05) is 5.32 Å². The Morgan fingerprint density at radius 1 is 1.12 bits per heavy atom. The van der Waals surface area contributed by atoms with E-state index in [0.717, 1.165) is 16.8 Å². The van der Waals surface area contributed by atoms with Gasteiger partial charge in [0.25, 0.3) is 5.91 Å². The molecule has 0 radical (unpaired) electrons. The molecule has 1 amide bonds. The predicted molar refractivity (Wildman–Crippen MR) is 122 cm³/mol. The van der Waals surface area contributed by atoms with Crippen LogP contribution in [0.4, 0.5) is 5.82 Å². The molecule has 0 fully saturated rings. The maximum atomic E-state index is 12.9. The van der Waals surface area contributed by atoms with Crippen molar-refractivity contribution in [1.82, 2.24) is 14.9 Å². The summed E-state index contributed by atoms with van der Waals surface area (Å²) in [5, 5.41) is 11.9. The van der Waals surface area contributed by atoms with E-state index in [0.29, 0.717) is 34.5 Å². The van der Waals surface area contributed by atoms with Gasteiger partial charge in [-0.05, 0) is 56.2 Å². The van der Waals surface area contributed by atoms with Crippen LogP contribution < -0.4 is 10.1 Å². The molecule has 164 valence electrons. The number of aromatic nitrogens is 3. The summed E-state index contributed by atoms with van der Waals surface area (Å²) >= 11 is 6.07. The third-order valence-corrected chi connectivity index (χ3v) is 5.25. The largest absolute Gasteiger partial charge is 0.489 e. The summed E-state index contributed by atoms with van der Waals surface area (Å²) in [6.45, 7) is 6.38. The fourth-order valence-electron chi connectivity index (χ4n) is 3.32. The summed E-state index contributed by atoms with van der Waals surface area (Å²) in [5.41, 5.74) is 3.78. The Bertz CT molecular complexity index is 1260. The number of anilines is 1. The van der Waals surface area contributed by atoms with Crippen LogP contribution in [0.3, 0.4) is 0 Å². The fourth-order valence-corrected chi connectivity index (χ4v) is 3.53. The van der Waals surface area contributed by atoms with E-state index in [1.165, 1.54) is 0 Å². The number of carbonyl (C=O) groups excluding carboxylic acids is 1. The van der Waals surface area contributed by atoms with Gasteiger partial charge >= 0.3 is 0 Å². The summed E-state index contributed by atoms with van der Waals surface area (Å²) in [5.74, 6) is 1.27. The van der Waals surface area contributed by atoms with Crippen molar-refractivity contribution in [3.8, 4) is 5.75 Å². The van der Waals surface area contributed by atoms with Crippen LogP contribution in [-0.4, -0.2) is 20.8 Å². The van der Waals surface area contributed by atoms with Crippen molar-refractivity contribution >= 4 is 23.3 Å². The molecule has 0 bridgehead atoms. The number of ether oxygens (including phenoxy) is 1. The molecule has 0 saturated carbocycles. The molecular formula is C24H23ClN4O3. The standard InChI is InChI=1S/C24H23ClN4O3/c1-15-6-4-9-20(10-15)31-14-21-17(3)32-28-23(21)24(30)26-22-11-16(2)29(27-22)13-18-7-5-8-19(25)12-18/h4-12H,13-14H2,1-3H3,(H,26,27,30). The number of aryl methyl sites for hydroxylation is 3. The Morgan fingerprint density at radius 2 is 1.94 bits per heavy atom. The number of hydrogen-bond donors (Lipinski definition) is 1. The summed E-state index contributed by atoms with van der Waals surface area (Å²) < 4.78 is 12.9. The summed E-state index contributed by atoms with van der Waals surface area (Å²) in [4.78, 5) is 12.9. The maximum absolute atomic E-state index is 12.9. The third kappa shape index (κ3) is 5.00. The summed E-state index contributed by atoms with van der Waals surface area (Å²) in [6.07, 6.45) is 0. The lowest BCUT2D eigenvalue weighted by Gasteiger charge is -2.07. The molecule has 0 spiro atoms. The van der Waals surface area contributed by atoms with Gasteiger partial charge in [-0.25, -0.2) is 0 Å². The molecule has 0 aliphatic heterocycles. The van der Waals surface area contributed by atoms with Gasteiger partial charge in [-0.1, -0.05) is 41.0 Å². The Balaban J connectivity index is 1.46. The van der Waals surface area contributed by atoms with Gasteiger partial charge in [-0.2, -0.15) is 5.10 Å². The van der Waals surface area contributed by atoms with E-state index in [1.807, 2.05) is 62.4 Å². The van der Waals surface area contributed by atoms with Crippen LogP contribution in [0.2, 0.25) is 5.02 Å². The monoisotopic (exact) mass is 450 g/mol. The molecule has 0 unspecified atom stereocenters. The van der Waals surface area contributed by atoms with E-state index < -0.39 is 5.91 Å². The Hall–Kier alpha value is -3.58. The molecule has 2 aromatic carbocycles. The third-order valence-electron chi connectivity index (χ3n) is 5.02. The first kappa shape index (κ1) is 21.6. The van der Waals surface area contributed by atoms with Crippen LogP contribution in [0.5, 0.6) is 5.75 Å². The van der Waals surface area contributed by atoms with Gasteiger partial charge in [0.2, 0.25) is 0 Å². The van der Waals surface area contributed by atoms with E-state index >= 15 is 0 Å². The normalized spacial score (nSPS) is 10.9. The minimum Gasteiger partial charge on any atom is -0.489 e.